The van der Waals surface area contributed by atoms with E-state index in [-0.39, 0.29) is 6.04 Å². The smallest absolute Gasteiger partial charge is 0.119 e. The summed E-state index contributed by atoms with van der Waals surface area (Å²) in [5, 5.41) is 20.4. The Labute approximate surface area is 147 Å². The van der Waals surface area contributed by atoms with Gasteiger partial charge >= 0.3 is 0 Å². The van der Waals surface area contributed by atoms with E-state index in [0.717, 1.165) is 41.6 Å². The van der Waals surface area contributed by atoms with Gasteiger partial charge in [0.25, 0.3) is 0 Å². The van der Waals surface area contributed by atoms with Crippen LogP contribution in [0.25, 0.3) is 10.9 Å². The van der Waals surface area contributed by atoms with Crippen LogP contribution in [0.4, 0.5) is 0 Å². The Hall–Kier alpha value is -2.40. The zero-order valence-corrected chi connectivity index (χ0v) is 14.4. The van der Waals surface area contributed by atoms with Crippen LogP contribution in [-0.4, -0.2) is 40.5 Å². The molecule has 5 heteroatoms. The first-order valence-electron chi connectivity index (χ1n) is 8.69. The van der Waals surface area contributed by atoms with Gasteiger partial charge in [0, 0.05) is 24.5 Å². The summed E-state index contributed by atoms with van der Waals surface area (Å²) >= 11 is 0. The quantitative estimate of drug-likeness (QED) is 0.841. The van der Waals surface area contributed by atoms with Crippen molar-refractivity contribution in [1.29, 1.82) is 5.41 Å². The van der Waals surface area contributed by atoms with E-state index in [1.165, 1.54) is 0 Å². The van der Waals surface area contributed by atoms with Gasteiger partial charge < -0.3 is 14.7 Å². The average Bonchev–Trinajstić information content (AvgIpc) is 2.66. The molecule has 2 bridgehead atoms. The first-order chi connectivity index (χ1) is 12.1. The Balaban J connectivity index is 1.72. The number of pyridine rings is 1. The molecule has 0 amide bonds. The number of benzene rings is 1. The van der Waals surface area contributed by atoms with Crippen molar-refractivity contribution in [3.8, 4) is 5.75 Å². The van der Waals surface area contributed by atoms with Crippen LogP contribution in [0.2, 0.25) is 0 Å². The third-order valence-electron chi connectivity index (χ3n) is 5.73. The van der Waals surface area contributed by atoms with Crippen molar-refractivity contribution in [2.45, 2.75) is 25.0 Å². The van der Waals surface area contributed by atoms with Gasteiger partial charge in [-0.05, 0) is 48.1 Å². The molecule has 4 heterocycles. The largest absolute Gasteiger partial charge is 0.497 e. The van der Waals surface area contributed by atoms with Crippen LogP contribution in [0, 0.1) is 17.2 Å². The lowest BCUT2D eigenvalue weighted by Gasteiger charge is -2.51. The van der Waals surface area contributed by atoms with Gasteiger partial charge in [0.1, 0.15) is 11.9 Å². The molecule has 1 aromatic carbocycles. The van der Waals surface area contributed by atoms with Crippen molar-refractivity contribution in [3.05, 3.63) is 48.7 Å². The lowest BCUT2D eigenvalue weighted by molar-refractivity contribution is 0.0129. The van der Waals surface area contributed by atoms with Gasteiger partial charge in [0.05, 0.1) is 24.5 Å². The van der Waals surface area contributed by atoms with E-state index in [0.29, 0.717) is 17.7 Å². The zero-order valence-electron chi connectivity index (χ0n) is 14.4. The van der Waals surface area contributed by atoms with Crippen LogP contribution in [0.3, 0.4) is 0 Å². The number of fused-ring (bicyclic) bond motifs is 4. The maximum absolute atomic E-state index is 11.2. The molecule has 25 heavy (non-hydrogen) atoms. The van der Waals surface area contributed by atoms with Crippen molar-refractivity contribution in [3.63, 3.8) is 0 Å². The summed E-state index contributed by atoms with van der Waals surface area (Å²) < 4.78 is 5.33. The van der Waals surface area contributed by atoms with Crippen LogP contribution in [0.15, 0.2) is 43.1 Å². The maximum Gasteiger partial charge on any atom is 0.119 e. The third kappa shape index (κ3) is 2.59. The van der Waals surface area contributed by atoms with Crippen LogP contribution in [0.5, 0.6) is 5.75 Å². The molecule has 0 radical (unpaired) electrons. The Kier molecular flexibility index (Phi) is 3.96. The molecule has 3 aliphatic rings. The lowest BCUT2D eigenvalue weighted by atomic mass is 9.73. The minimum Gasteiger partial charge on any atom is -0.497 e. The van der Waals surface area contributed by atoms with Gasteiger partial charge in [-0.3, -0.25) is 10.4 Å². The summed E-state index contributed by atoms with van der Waals surface area (Å²) in [7, 11) is 1.64. The fourth-order valence-corrected chi connectivity index (χ4v) is 4.34. The number of amidine groups is 1. The molecule has 0 spiro atoms. The molecule has 2 aromatic rings. The van der Waals surface area contributed by atoms with Gasteiger partial charge in [-0.1, -0.05) is 6.08 Å². The van der Waals surface area contributed by atoms with E-state index >= 15 is 0 Å². The second-order valence-electron chi connectivity index (χ2n) is 6.99. The molecule has 1 aromatic heterocycles. The van der Waals surface area contributed by atoms with Gasteiger partial charge in [0.15, 0.2) is 0 Å². The van der Waals surface area contributed by atoms with Crippen LogP contribution >= 0.6 is 0 Å². The van der Waals surface area contributed by atoms with Crippen LogP contribution in [0.1, 0.15) is 24.5 Å². The fourth-order valence-electron chi connectivity index (χ4n) is 4.34. The first-order valence-corrected chi connectivity index (χ1v) is 8.69. The standard InChI is InChI=1S/C20H23N3O2/c1-3-12-11-23-18(8-13(12)9-19(23)21)20(24)15-6-7-22-17-5-4-14(25-2)10-16(15)17/h3-7,10,12-13,18,20-21,24H,1,8-9,11H2,2H3/t12-,13+,18-,20+/m0/s1. The van der Waals surface area contributed by atoms with Crippen molar-refractivity contribution >= 4 is 16.7 Å². The Morgan fingerprint density at radius 2 is 2.28 bits per heavy atom. The number of methoxy groups -OCH3 is 1. The number of aliphatic hydroxyl groups excluding tert-OH is 1. The van der Waals surface area contributed by atoms with E-state index in [9.17, 15) is 5.11 Å². The van der Waals surface area contributed by atoms with Gasteiger partial charge in [0.2, 0.25) is 0 Å². The number of hydrogen-bond acceptors (Lipinski definition) is 4. The molecule has 3 aliphatic heterocycles. The second-order valence-corrected chi connectivity index (χ2v) is 6.99. The summed E-state index contributed by atoms with van der Waals surface area (Å²) in [5.74, 6) is 2.19. The summed E-state index contributed by atoms with van der Waals surface area (Å²) in [5.41, 5.74) is 1.69. The van der Waals surface area contributed by atoms with E-state index in [1.54, 1.807) is 13.3 Å². The van der Waals surface area contributed by atoms with Crippen molar-refractivity contribution in [1.82, 2.24) is 9.88 Å². The number of nitrogens with zero attached hydrogens (tertiary/aromatic N) is 2. The van der Waals surface area contributed by atoms with E-state index in [2.05, 4.69) is 16.5 Å². The van der Waals surface area contributed by atoms with Crippen molar-refractivity contribution < 1.29 is 9.84 Å². The molecule has 3 fully saturated rings. The number of aliphatic hydroxyl groups is 1. The minimum atomic E-state index is -0.661. The normalized spacial score (nSPS) is 26.7. The molecule has 4 atom stereocenters. The molecule has 3 saturated heterocycles. The second kappa shape index (κ2) is 6.15. The number of hydrogen-bond donors (Lipinski definition) is 2. The molecule has 2 N–H and O–H groups in total. The van der Waals surface area contributed by atoms with E-state index in [1.807, 2.05) is 30.3 Å². The fraction of sp³-hybridized carbons (Fsp3) is 0.400. The third-order valence-corrected chi connectivity index (χ3v) is 5.73. The Morgan fingerprint density at radius 3 is 3.00 bits per heavy atom. The maximum atomic E-state index is 11.2. The molecule has 0 aliphatic carbocycles. The van der Waals surface area contributed by atoms with Crippen LogP contribution in [-0.2, 0) is 0 Å². The summed E-state index contributed by atoms with van der Waals surface area (Å²) in [6.07, 6.45) is 4.74. The molecular formula is C20H23N3O2. The van der Waals surface area contributed by atoms with Crippen molar-refractivity contribution in [2.75, 3.05) is 13.7 Å². The molecule has 0 unspecified atom stereocenters. The van der Waals surface area contributed by atoms with Gasteiger partial charge in [-0.15, -0.1) is 6.58 Å². The zero-order chi connectivity index (χ0) is 17.6. The molecule has 5 nitrogen and oxygen atoms in total. The van der Waals surface area contributed by atoms with Crippen molar-refractivity contribution in [2.24, 2.45) is 11.8 Å². The SMILES string of the molecule is C=C[C@H]1CN2C(=N)C[C@H]1C[C@H]2[C@H](O)c1ccnc2ccc(OC)cc12. The first kappa shape index (κ1) is 16.1. The van der Waals surface area contributed by atoms with E-state index in [4.69, 9.17) is 10.1 Å². The van der Waals surface area contributed by atoms with Gasteiger partial charge in [-0.2, -0.15) is 0 Å². The minimum absolute atomic E-state index is 0.0701. The number of aromatic nitrogens is 1. The number of rotatable bonds is 4. The summed E-state index contributed by atoms with van der Waals surface area (Å²) in [6.45, 7) is 4.71. The topological polar surface area (TPSA) is 69.4 Å². The lowest BCUT2D eigenvalue weighted by Crippen LogP contribution is -2.57. The summed E-state index contributed by atoms with van der Waals surface area (Å²) in [6, 6.07) is 7.52. The van der Waals surface area contributed by atoms with Gasteiger partial charge in [-0.25, -0.2) is 0 Å². The van der Waals surface area contributed by atoms with Crippen LogP contribution < -0.4 is 4.74 Å². The predicted molar refractivity (Wildman–Crippen MR) is 97.9 cm³/mol. The highest BCUT2D eigenvalue weighted by molar-refractivity contribution is 5.85. The molecule has 130 valence electrons. The predicted octanol–water partition coefficient (Wildman–Crippen LogP) is 3.15. The monoisotopic (exact) mass is 337 g/mol. The van der Waals surface area contributed by atoms with E-state index < -0.39 is 6.10 Å². The number of nitrogens with one attached hydrogen (secondary N) is 1. The number of ether oxygens (including phenoxy) is 1. The Bertz CT molecular complexity index is 835. The molecular weight excluding hydrogens is 314 g/mol. The molecule has 0 saturated carbocycles. The molecule has 5 rings (SSSR count). The average molecular weight is 337 g/mol. The summed E-state index contributed by atoms with van der Waals surface area (Å²) in [4.78, 5) is 6.46. The highest BCUT2D eigenvalue weighted by atomic mass is 16.5. The highest BCUT2D eigenvalue weighted by Gasteiger charge is 2.44. The Morgan fingerprint density at radius 1 is 1.44 bits per heavy atom. The number of piperidine rings is 3. The highest BCUT2D eigenvalue weighted by Crippen LogP contribution is 2.42.